The van der Waals surface area contributed by atoms with E-state index in [1.807, 2.05) is 45.3 Å². The molecule has 2 N–H and O–H groups in total. The predicted octanol–water partition coefficient (Wildman–Crippen LogP) is 5.74. The quantitative estimate of drug-likeness (QED) is 0.311. The van der Waals surface area contributed by atoms with E-state index >= 15 is 0 Å². The van der Waals surface area contributed by atoms with Crippen LogP contribution in [-0.4, -0.2) is 39.8 Å². The highest BCUT2D eigenvalue weighted by Gasteiger charge is 2.42. The first kappa shape index (κ1) is 25.5. The lowest BCUT2D eigenvalue weighted by molar-refractivity contribution is 0.0697. The van der Waals surface area contributed by atoms with Crippen molar-refractivity contribution in [1.82, 2.24) is 14.9 Å². The fourth-order valence-electron chi connectivity index (χ4n) is 5.30. The van der Waals surface area contributed by atoms with Gasteiger partial charge in [-0.2, -0.15) is 0 Å². The van der Waals surface area contributed by atoms with Crippen molar-refractivity contribution in [2.45, 2.75) is 32.9 Å². The molecule has 2 aromatic carbocycles. The molecular weight excluding hydrogens is 494 g/mol. The summed E-state index contributed by atoms with van der Waals surface area (Å²) in [6, 6.07) is 21.4. The second-order valence-electron chi connectivity index (χ2n) is 9.88. The molecule has 8 heteroatoms. The number of nitrogens with one attached hydrogen (secondary N) is 1. The smallest absolute Gasteiger partial charge is 0.335 e. The third kappa shape index (κ3) is 4.41. The van der Waals surface area contributed by atoms with Crippen LogP contribution in [0, 0.1) is 20.8 Å². The standard InChI is InChI=1S/C30H31N5O2S/c1-18-9-10-21(29(36)37)17-26(18)34-19(2)16-24(20(34)3)28-27(25-8-6-7-15-31-25)32-30(38)35(28)23-13-11-22(12-14-23)33(4)5/h6-17,27-28H,1-5H3,(H,32,38)(H,36,37). The van der Waals surface area contributed by atoms with E-state index in [0.29, 0.717) is 5.11 Å². The maximum atomic E-state index is 11.7. The highest BCUT2D eigenvalue weighted by molar-refractivity contribution is 7.80. The monoisotopic (exact) mass is 525 g/mol. The van der Waals surface area contributed by atoms with Crippen molar-refractivity contribution in [3.05, 3.63) is 107 Å². The first-order valence-electron chi connectivity index (χ1n) is 12.5. The van der Waals surface area contributed by atoms with Crippen molar-refractivity contribution < 1.29 is 9.90 Å². The van der Waals surface area contributed by atoms with Crippen LogP contribution in [0.25, 0.3) is 5.69 Å². The summed E-state index contributed by atoms with van der Waals surface area (Å²) in [6.45, 7) is 6.14. The Labute approximate surface area is 228 Å². The van der Waals surface area contributed by atoms with E-state index in [-0.39, 0.29) is 17.6 Å². The Balaban J connectivity index is 1.68. The molecular formula is C30H31N5O2S. The van der Waals surface area contributed by atoms with Crippen LogP contribution in [0.1, 0.15) is 50.7 Å². The first-order chi connectivity index (χ1) is 18.2. The molecule has 38 heavy (non-hydrogen) atoms. The third-order valence-corrected chi connectivity index (χ3v) is 7.54. The number of hydrogen-bond acceptors (Lipinski definition) is 4. The molecule has 1 aliphatic rings. The number of anilines is 2. The molecule has 0 radical (unpaired) electrons. The molecule has 2 unspecified atom stereocenters. The number of pyridine rings is 1. The van der Waals surface area contributed by atoms with Gasteiger partial charge in [0.2, 0.25) is 0 Å². The minimum atomic E-state index is -0.943. The second kappa shape index (κ2) is 9.95. The molecule has 5 rings (SSSR count). The average Bonchev–Trinajstić information content (AvgIpc) is 3.39. The minimum Gasteiger partial charge on any atom is -0.478 e. The number of nitrogens with zero attached hydrogens (tertiary/aromatic N) is 4. The lowest BCUT2D eigenvalue weighted by atomic mass is 9.96. The number of benzene rings is 2. The third-order valence-electron chi connectivity index (χ3n) is 7.23. The number of aromatic carboxylic acids is 1. The van der Waals surface area contributed by atoms with Crippen LogP contribution in [0.15, 0.2) is 72.9 Å². The van der Waals surface area contributed by atoms with Gasteiger partial charge in [-0.05, 0) is 98.7 Å². The number of aromatic nitrogens is 2. The van der Waals surface area contributed by atoms with Gasteiger partial charge in [-0.25, -0.2) is 4.79 Å². The van der Waals surface area contributed by atoms with Gasteiger partial charge in [-0.3, -0.25) is 4.98 Å². The largest absolute Gasteiger partial charge is 0.478 e. The van der Waals surface area contributed by atoms with Crippen molar-refractivity contribution in [2.24, 2.45) is 0 Å². The van der Waals surface area contributed by atoms with Crippen molar-refractivity contribution in [3.8, 4) is 5.69 Å². The fraction of sp³-hybridized carbons (Fsp3) is 0.233. The molecule has 2 atom stereocenters. The Morgan fingerprint density at radius 1 is 1.03 bits per heavy atom. The maximum Gasteiger partial charge on any atom is 0.335 e. The summed E-state index contributed by atoms with van der Waals surface area (Å²) in [4.78, 5) is 20.6. The van der Waals surface area contributed by atoms with Gasteiger partial charge in [0.1, 0.15) is 0 Å². The van der Waals surface area contributed by atoms with Crippen molar-refractivity contribution in [3.63, 3.8) is 0 Å². The van der Waals surface area contributed by atoms with Crippen LogP contribution in [0.3, 0.4) is 0 Å². The van der Waals surface area contributed by atoms with E-state index in [4.69, 9.17) is 12.2 Å². The van der Waals surface area contributed by atoms with Crippen LogP contribution in [-0.2, 0) is 0 Å². The van der Waals surface area contributed by atoms with E-state index in [1.54, 1.807) is 18.3 Å². The van der Waals surface area contributed by atoms with E-state index in [0.717, 1.165) is 45.3 Å². The summed E-state index contributed by atoms with van der Waals surface area (Å²) < 4.78 is 2.14. The summed E-state index contributed by atoms with van der Waals surface area (Å²) in [6.07, 6.45) is 1.80. The molecule has 2 aromatic heterocycles. The highest BCUT2D eigenvalue weighted by Crippen LogP contribution is 2.44. The molecule has 194 valence electrons. The average molecular weight is 526 g/mol. The van der Waals surface area contributed by atoms with Crippen LogP contribution in [0.4, 0.5) is 11.4 Å². The Hall–Kier alpha value is -4.17. The molecule has 1 saturated heterocycles. The Bertz CT molecular complexity index is 1510. The number of carboxylic acids is 1. The van der Waals surface area contributed by atoms with Gasteiger partial charge in [0, 0.05) is 48.7 Å². The second-order valence-corrected chi connectivity index (χ2v) is 10.3. The molecule has 0 spiro atoms. The predicted molar refractivity (Wildman–Crippen MR) is 156 cm³/mol. The SMILES string of the molecule is Cc1ccc(C(=O)O)cc1-n1c(C)cc(C2C(c3ccccn3)NC(=S)N2c2ccc(N(C)C)cc2)c1C. The van der Waals surface area contributed by atoms with E-state index in [1.165, 1.54) is 0 Å². The van der Waals surface area contributed by atoms with Gasteiger partial charge in [-0.15, -0.1) is 0 Å². The normalized spacial score (nSPS) is 17.0. The van der Waals surface area contributed by atoms with Crippen LogP contribution >= 0.6 is 12.2 Å². The van der Waals surface area contributed by atoms with Gasteiger partial charge in [0.15, 0.2) is 5.11 Å². The zero-order valence-electron chi connectivity index (χ0n) is 22.1. The summed E-state index contributed by atoms with van der Waals surface area (Å²) >= 11 is 5.91. The van der Waals surface area contributed by atoms with Crippen molar-refractivity contribution >= 4 is 34.7 Å². The molecule has 1 fully saturated rings. The summed E-state index contributed by atoms with van der Waals surface area (Å²) in [5.74, 6) is -0.943. The number of aryl methyl sites for hydroxylation is 2. The number of thiocarbonyl (C=S) groups is 1. The van der Waals surface area contributed by atoms with Gasteiger partial charge < -0.3 is 24.8 Å². The lowest BCUT2D eigenvalue weighted by Crippen LogP contribution is -2.29. The van der Waals surface area contributed by atoms with Gasteiger partial charge in [0.05, 0.1) is 23.3 Å². The summed E-state index contributed by atoms with van der Waals surface area (Å²) in [5, 5.41) is 13.8. The zero-order valence-corrected chi connectivity index (χ0v) is 23.0. The first-order valence-corrected chi connectivity index (χ1v) is 12.9. The van der Waals surface area contributed by atoms with Crippen LogP contribution < -0.4 is 15.1 Å². The lowest BCUT2D eigenvalue weighted by Gasteiger charge is -2.28. The Morgan fingerprint density at radius 2 is 1.76 bits per heavy atom. The van der Waals surface area contributed by atoms with E-state index in [9.17, 15) is 9.90 Å². The number of hydrogen-bond donors (Lipinski definition) is 2. The Kier molecular flexibility index (Phi) is 6.67. The number of carboxylic acid groups (broad SMARTS) is 1. The van der Waals surface area contributed by atoms with Crippen molar-refractivity contribution in [1.29, 1.82) is 0 Å². The van der Waals surface area contributed by atoms with Crippen LogP contribution in [0.5, 0.6) is 0 Å². The van der Waals surface area contributed by atoms with E-state index < -0.39 is 5.97 Å². The maximum absolute atomic E-state index is 11.7. The van der Waals surface area contributed by atoms with Crippen molar-refractivity contribution in [2.75, 3.05) is 23.9 Å². The zero-order chi connectivity index (χ0) is 27.1. The molecule has 3 heterocycles. The topological polar surface area (TPSA) is 73.6 Å². The highest BCUT2D eigenvalue weighted by atomic mass is 32.1. The molecule has 0 bridgehead atoms. The van der Waals surface area contributed by atoms with E-state index in [2.05, 4.69) is 68.8 Å². The molecule has 7 nitrogen and oxygen atoms in total. The van der Waals surface area contributed by atoms with Gasteiger partial charge in [0.25, 0.3) is 0 Å². The molecule has 0 aliphatic carbocycles. The van der Waals surface area contributed by atoms with Gasteiger partial charge >= 0.3 is 5.97 Å². The van der Waals surface area contributed by atoms with Crippen LogP contribution in [0.2, 0.25) is 0 Å². The molecule has 4 aromatic rings. The molecule has 1 aliphatic heterocycles. The Morgan fingerprint density at radius 3 is 2.39 bits per heavy atom. The summed E-state index contributed by atoms with van der Waals surface area (Å²) in [5.41, 5.74) is 8.27. The van der Waals surface area contributed by atoms with Gasteiger partial charge in [-0.1, -0.05) is 12.1 Å². The molecule has 0 saturated carbocycles. The fourth-order valence-corrected chi connectivity index (χ4v) is 5.65. The minimum absolute atomic E-state index is 0.162. The molecule has 0 amide bonds. The summed E-state index contributed by atoms with van der Waals surface area (Å²) in [7, 11) is 4.04. The number of carbonyl (C=O) groups is 1. The number of rotatable bonds is 6.